The van der Waals surface area contributed by atoms with Crippen LogP contribution in [0.5, 0.6) is 0 Å². The van der Waals surface area contributed by atoms with Crippen LogP contribution in [0.2, 0.25) is 0 Å². The molecule has 0 saturated carbocycles. The van der Waals surface area contributed by atoms with Crippen LogP contribution in [0.15, 0.2) is 76.8 Å². The van der Waals surface area contributed by atoms with Crippen LogP contribution in [-0.4, -0.2) is 49.9 Å². The lowest BCUT2D eigenvalue weighted by Crippen LogP contribution is -2.40. The number of carbonyl (C=O) groups excluding carboxylic acids is 1. The number of anilines is 1. The van der Waals surface area contributed by atoms with E-state index in [1.807, 2.05) is 62.4 Å². The Labute approximate surface area is 204 Å². The number of nitrogens with zero attached hydrogens (tertiary/aromatic N) is 2. The first-order valence-corrected chi connectivity index (χ1v) is 13.3. The van der Waals surface area contributed by atoms with Crippen LogP contribution in [0, 0.1) is 13.8 Å². The normalized spacial score (nSPS) is 15.6. The van der Waals surface area contributed by atoms with Crippen molar-refractivity contribution >= 4 is 33.4 Å². The molecule has 1 aliphatic heterocycles. The molecule has 1 atom stereocenters. The van der Waals surface area contributed by atoms with E-state index < -0.39 is 15.3 Å². The summed E-state index contributed by atoms with van der Waals surface area (Å²) < 4.78 is 32.4. The van der Waals surface area contributed by atoms with Gasteiger partial charge in [-0.15, -0.1) is 0 Å². The van der Waals surface area contributed by atoms with Gasteiger partial charge in [-0.1, -0.05) is 54.2 Å². The molecular weight excluding hydrogens is 470 g/mol. The minimum absolute atomic E-state index is 0.134. The number of hydrogen-bond donors (Lipinski definition) is 1. The van der Waals surface area contributed by atoms with Gasteiger partial charge in [-0.05, 0) is 48.7 Å². The van der Waals surface area contributed by atoms with Crippen molar-refractivity contribution in [2.45, 2.75) is 29.0 Å². The van der Waals surface area contributed by atoms with E-state index >= 15 is 0 Å². The standard InChI is InChI=1S/C25H27N3O4S2/c1-18-8-9-19(2)22(16-18)27-25(29)24(20-6-4-3-5-7-20)33-23-11-10-21(17-26-23)34(30,31)28-12-14-32-15-13-28/h3-11,16-17,24H,12-15H2,1-2H3,(H,27,29). The summed E-state index contributed by atoms with van der Waals surface area (Å²) in [6.45, 7) is 5.36. The molecule has 1 aromatic heterocycles. The summed E-state index contributed by atoms with van der Waals surface area (Å²) in [6.07, 6.45) is 1.36. The summed E-state index contributed by atoms with van der Waals surface area (Å²) in [4.78, 5) is 17.8. The molecule has 1 aliphatic rings. The van der Waals surface area contributed by atoms with Crippen molar-refractivity contribution in [3.63, 3.8) is 0 Å². The zero-order chi connectivity index (χ0) is 24.1. The quantitative estimate of drug-likeness (QED) is 0.493. The average Bonchev–Trinajstić information content (AvgIpc) is 2.86. The summed E-state index contributed by atoms with van der Waals surface area (Å²) >= 11 is 1.28. The molecule has 0 spiro atoms. The Morgan fingerprint density at radius 1 is 1.06 bits per heavy atom. The number of pyridine rings is 1. The smallest absolute Gasteiger partial charge is 0.244 e. The summed E-state index contributed by atoms with van der Waals surface area (Å²) in [6, 6.07) is 18.6. The number of amides is 1. The summed E-state index contributed by atoms with van der Waals surface area (Å²) in [5.41, 5.74) is 3.64. The maximum Gasteiger partial charge on any atom is 0.244 e. The first-order chi connectivity index (χ1) is 16.3. The molecule has 0 radical (unpaired) electrons. The zero-order valence-electron chi connectivity index (χ0n) is 19.1. The lowest BCUT2D eigenvalue weighted by molar-refractivity contribution is -0.115. The predicted molar refractivity (Wildman–Crippen MR) is 133 cm³/mol. The van der Waals surface area contributed by atoms with Crippen molar-refractivity contribution in [1.82, 2.24) is 9.29 Å². The second-order valence-corrected chi connectivity index (χ2v) is 11.1. The van der Waals surface area contributed by atoms with Crippen LogP contribution in [-0.2, 0) is 19.6 Å². The lowest BCUT2D eigenvalue weighted by atomic mass is 10.1. The van der Waals surface area contributed by atoms with Crippen molar-refractivity contribution in [3.8, 4) is 0 Å². The van der Waals surface area contributed by atoms with Crippen molar-refractivity contribution in [2.75, 3.05) is 31.6 Å². The SMILES string of the molecule is Cc1ccc(C)c(NC(=O)C(Sc2ccc(S(=O)(=O)N3CCOCC3)cn2)c2ccccc2)c1. The molecule has 1 unspecified atom stereocenters. The molecule has 178 valence electrons. The van der Waals surface area contributed by atoms with Crippen molar-refractivity contribution in [3.05, 3.63) is 83.6 Å². The van der Waals surface area contributed by atoms with Gasteiger partial charge in [0.05, 0.1) is 18.2 Å². The number of hydrogen-bond acceptors (Lipinski definition) is 6. The second kappa shape index (κ2) is 10.7. The maximum atomic E-state index is 13.3. The van der Waals surface area contributed by atoms with E-state index in [2.05, 4.69) is 10.3 Å². The number of sulfonamides is 1. The Kier molecular flexibility index (Phi) is 7.67. The molecule has 1 fully saturated rings. The molecule has 1 saturated heterocycles. The molecule has 1 N–H and O–H groups in total. The van der Waals surface area contributed by atoms with Crippen molar-refractivity contribution in [2.24, 2.45) is 0 Å². The maximum absolute atomic E-state index is 13.3. The first-order valence-electron chi connectivity index (χ1n) is 11.0. The molecule has 0 aliphatic carbocycles. The topological polar surface area (TPSA) is 88.6 Å². The van der Waals surface area contributed by atoms with Gasteiger partial charge >= 0.3 is 0 Å². The number of thioether (sulfide) groups is 1. The molecule has 4 rings (SSSR count). The largest absolute Gasteiger partial charge is 0.379 e. The Hall–Kier alpha value is -2.72. The number of aromatic nitrogens is 1. The summed E-state index contributed by atoms with van der Waals surface area (Å²) in [5.74, 6) is -0.170. The van der Waals surface area contributed by atoms with Crippen LogP contribution in [0.3, 0.4) is 0 Å². The second-order valence-electron chi connectivity index (χ2n) is 8.06. The summed E-state index contributed by atoms with van der Waals surface area (Å²) in [5, 5.41) is 3.05. The Bertz CT molecular complexity index is 1240. The zero-order valence-corrected chi connectivity index (χ0v) is 20.7. The third-order valence-electron chi connectivity index (χ3n) is 5.55. The van der Waals surface area contributed by atoms with E-state index in [9.17, 15) is 13.2 Å². The molecule has 3 aromatic rings. The Morgan fingerprint density at radius 3 is 2.47 bits per heavy atom. The van der Waals surface area contributed by atoms with E-state index in [-0.39, 0.29) is 10.8 Å². The van der Waals surface area contributed by atoms with Crippen LogP contribution in [0.25, 0.3) is 0 Å². The molecule has 2 heterocycles. The molecule has 1 amide bonds. The average molecular weight is 498 g/mol. The van der Waals surface area contributed by atoms with E-state index in [0.29, 0.717) is 31.3 Å². The van der Waals surface area contributed by atoms with E-state index in [1.54, 1.807) is 12.1 Å². The van der Waals surface area contributed by atoms with Gasteiger partial charge in [0.25, 0.3) is 0 Å². The van der Waals surface area contributed by atoms with Gasteiger partial charge in [0.1, 0.15) is 10.1 Å². The van der Waals surface area contributed by atoms with E-state index in [0.717, 1.165) is 22.4 Å². The van der Waals surface area contributed by atoms with Crippen molar-refractivity contribution in [1.29, 1.82) is 0 Å². The number of carbonyl (C=O) groups is 1. The fraction of sp³-hybridized carbons (Fsp3) is 0.280. The minimum atomic E-state index is -3.62. The van der Waals surface area contributed by atoms with Gasteiger partial charge in [0, 0.05) is 25.0 Å². The Morgan fingerprint density at radius 2 is 1.79 bits per heavy atom. The highest BCUT2D eigenvalue weighted by Crippen LogP contribution is 2.36. The number of nitrogens with one attached hydrogen (secondary N) is 1. The van der Waals surface area contributed by atoms with E-state index in [4.69, 9.17) is 4.74 Å². The number of benzene rings is 2. The van der Waals surface area contributed by atoms with Gasteiger partial charge in [0.2, 0.25) is 15.9 Å². The minimum Gasteiger partial charge on any atom is -0.379 e. The third-order valence-corrected chi connectivity index (χ3v) is 8.63. The molecular formula is C25H27N3O4S2. The fourth-order valence-corrected chi connectivity index (χ4v) is 5.93. The van der Waals surface area contributed by atoms with Crippen LogP contribution in [0.4, 0.5) is 5.69 Å². The predicted octanol–water partition coefficient (Wildman–Crippen LogP) is 4.19. The molecule has 2 aromatic carbocycles. The molecule has 0 bridgehead atoms. The highest BCUT2D eigenvalue weighted by atomic mass is 32.2. The van der Waals surface area contributed by atoms with Gasteiger partial charge in [0.15, 0.2) is 0 Å². The molecule has 34 heavy (non-hydrogen) atoms. The molecule has 7 nitrogen and oxygen atoms in total. The highest BCUT2D eigenvalue weighted by molar-refractivity contribution is 8.00. The van der Waals surface area contributed by atoms with Crippen LogP contribution >= 0.6 is 11.8 Å². The summed E-state index contributed by atoms with van der Waals surface area (Å²) in [7, 11) is -3.62. The number of morpholine rings is 1. The monoisotopic (exact) mass is 497 g/mol. The third kappa shape index (κ3) is 5.67. The molecule has 9 heteroatoms. The fourth-order valence-electron chi connectivity index (χ4n) is 3.62. The first kappa shape index (κ1) is 24.4. The van der Waals surface area contributed by atoms with Crippen molar-refractivity contribution < 1.29 is 17.9 Å². The lowest BCUT2D eigenvalue weighted by Gasteiger charge is -2.25. The number of rotatable bonds is 7. The number of aryl methyl sites for hydroxylation is 2. The van der Waals surface area contributed by atoms with Gasteiger partial charge in [-0.25, -0.2) is 13.4 Å². The Balaban J connectivity index is 1.56. The van der Waals surface area contributed by atoms with Gasteiger partial charge in [-0.3, -0.25) is 4.79 Å². The van der Waals surface area contributed by atoms with Gasteiger partial charge in [-0.2, -0.15) is 4.31 Å². The number of ether oxygens (including phenoxy) is 1. The van der Waals surface area contributed by atoms with Crippen LogP contribution < -0.4 is 5.32 Å². The van der Waals surface area contributed by atoms with Crippen LogP contribution in [0.1, 0.15) is 21.9 Å². The highest BCUT2D eigenvalue weighted by Gasteiger charge is 2.27. The van der Waals surface area contributed by atoms with E-state index in [1.165, 1.54) is 22.3 Å². The van der Waals surface area contributed by atoms with Gasteiger partial charge < -0.3 is 10.1 Å².